The lowest BCUT2D eigenvalue weighted by molar-refractivity contribution is -0.132. The van der Waals surface area contributed by atoms with Gasteiger partial charge in [0.25, 0.3) is 5.91 Å². The SMILES string of the molecule is NS(=O)(=O)c1ccc(CCC(=O)N2CCN(C(=O)c3cccc(Cl)c3)CC2)cc1. The van der Waals surface area contributed by atoms with Crippen LogP contribution in [0.3, 0.4) is 0 Å². The number of hydrogen-bond donors (Lipinski definition) is 1. The fourth-order valence-electron chi connectivity index (χ4n) is 3.22. The predicted molar refractivity (Wildman–Crippen MR) is 110 cm³/mol. The van der Waals surface area contributed by atoms with Gasteiger partial charge in [0.15, 0.2) is 0 Å². The minimum Gasteiger partial charge on any atom is -0.339 e. The number of rotatable bonds is 5. The maximum absolute atomic E-state index is 12.5. The normalized spacial score (nSPS) is 14.7. The highest BCUT2D eigenvalue weighted by Crippen LogP contribution is 2.15. The molecule has 0 aromatic heterocycles. The summed E-state index contributed by atoms with van der Waals surface area (Å²) >= 11 is 5.95. The van der Waals surface area contributed by atoms with E-state index in [-0.39, 0.29) is 16.7 Å². The summed E-state index contributed by atoms with van der Waals surface area (Å²) in [6, 6.07) is 13.0. The Morgan fingerprint density at radius 3 is 2.17 bits per heavy atom. The number of piperazine rings is 1. The highest BCUT2D eigenvalue weighted by Gasteiger charge is 2.24. The van der Waals surface area contributed by atoms with Crippen molar-refractivity contribution in [3.63, 3.8) is 0 Å². The summed E-state index contributed by atoms with van der Waals surface area (Å²) in [7, 11) is -3.72. The summed E-state index contributed by atoms with van der Waals surface area (Å²) in [5, 5.41) is 5.60. The van der Waals surface area contributed by atoms with Gasteiger partial charge in [-0.2, -0.15) is 0 Å². The third-order valence-corrected chi connectivity index (χ3v) is 6.03. The number of amides is 2. The molecule has 2 aromatic rings. The molecule has 154 valence electrons. The zero-order valence-corrected chi connectivity index (χ0v) is 17.3. The lowest BCUT2D eigenvalue weighted by Gasteiger charge is -2.35. The van der Waals surface area contributed by atoms with Gasteiger partial charge in [-0.3, -0.25) is 9.59 Å². The maximum atomic E-state index is 12.5. The van der Waals surface area contributed by atoms with Crippen LogP contribution in [0, 0.1) is 0 Å². The third kappa shape index (κ3) is 5.56. The van der Waals surface area contributed by atoms with Crippen LogP contribution in [0.5, 0.6) is 0 Å². The summed E-state index contributed by atoms with van der Waals surface area (Å²) in [4.78, 5) is 28.6. The van der Waals surface area contributed by atoms with Gasteiger partial charge in [-0.25, -0.2) is 13.6 Å². The minimum absolute atomic E-state index is 0.00961. The van der Waals surface area contributed by atoms with Gasteiger partial charge in [-0.15, -0.1) is 0 Å². The van der Waals surface area contributed by atoms with Crippen molar-refractivity contribution in [1.82, 2.24) is 9.80 Å². The second-order valence-electron chi connectivity index (χ2n) is 6.87. The molecule has 1 aliphatic heterocycles. The fourth-order valence-corrected chi connectivity index (χ4v) is 3.92. The molecule has 3 rings (SSSR count). The maximum Gasteiger partial charge on any atom is 0.254 e. The summed E-state index contributed by atoms with van der Waals surface area (Å²) in [5.41, 5.74) is 1.40. The number of benzene rings is 2. The van der Waals surface area contributed by atoms with E-state index < -0.39 is 10.0 Å². The standard InChI is InChI=1S/C20H22ClN3O4S/c21-17-3-1-2-16(14-17)20(26)24-12-10-23(11-13-24)19(25)9-6-15-4-7-18(8-5-15)29(22,27)28/h1-5,7-8,14H,6,9-13H2,(H2,22,27,28). The van der Waals surface area contributed by atoms with E-state index >= 15 is 0 Å². The molecule has 1 aliphatic rings. The Labute approximate surface area is 175 Å². The van der Waals surface area contributed by atoms with Crippen molar-refractivity contribution in [3.8, 4) is 0 Å². The smallest absolute Gasteiger partial charge is 0.254 e. The van der Waals surface area contributed by atoms with Gasteiger partial charge in [0, 0.05) is 43.2 Å². The molecular weight excluding hydrogens is 414 g/mol. The number of primary sulfonamides is 1. The summed E-state index contributed by atoms with van der Waals surface area (Å²) in [6.45, 7) is 1.91. The van der Waals surface area contributed by atoms with Gasteiger partial charge < -0.3 is 9.80 Å². The van der Waals surface area contributed by atoms with E-state index in [1.807, 2.05) is 0 Å². The van der Waals surface area contributed by atoms with Crippen LogP contribution >= 0.6 is 11.6 Å². The Morgan fingerprint density at radius 1 is 0.966 bits per heavy atom. The van der Waals surface area contributed by atoms with E-state index in [1.165, 1.54) is 12.1 Å². The van der Waals surface area contributed by atoms with Crippen LogP contribution in [0.1, 0.15) is 22.3 Å². The summed E-state index contributed by atoms with van der Waals surface area (Å²) in [6.07, 6.45) is 0.822. The number of hydrogen-bond acceptors (Lipinski definition) is 4. The van der Waals surface area contributed by atoms with E-state index in [1.54, 1.807) is 46.2 Å². The van der Waals surface area contributed by atoms with Crippen LogP contribution in [0.2, 0.25) is 5.02 Å². The highest BCUT2D eigenvalue weighted by molar-refractivity contribution is 7.89. The van der Waals surface area contributed by atoms with Gasteiger partial charge in [0.05, 0.1) is 4.90 Å². The monoisotopic (exact) mass is 435 g/mol. The Kier molecular flexibility index (Phi) is 6.56. The molecule has 0 unspecified atom stereocenters. The molecule has 0 bridgehead atoms. The van der Waals surface area contributed by atoms with E-state index in [0.717, 1.165) is 5.56 Å². The van der Waals surface area contributed by atoms with Crippen molar-refractivity contribution in [2.45, 2.75) is 17.7 Å². The zero-order chi connectivity index (χ0) is 21.0. The molecule has 0 spiro atoms. The van der Waals surface area contributed by atoms with E-state index in [0.29, 0.717) is 49.6 Å². The van der Waals surface area contributed by atoms with Gasteiger partial charge in [-0.05, 0) is 42.3 Å². The van der Waals surface area contributed by atoms with Gasteiger partial charge in [-0.1, -0.05) is 29.8 Å². The first-order valence-corrected chi connectivity index (χ1v) is 11.1. The molecule has 2 N–H and O–H groups in total. The van der Waals surface area contributed by atoms with Crippen molar-refractivity contribution in [1.29, 1.82) is 0 Å². The lowest BCUT2D eigenvalue weighted by atomic mass is 10.1. The molecule has 1 fully saturated rings. The first-order valence-electron chi connectivity index (χ1n) is 9.18. The molecule has 9 heteroatoms. The first-order chi connectivity index (χ1) is 13.7. The van der Waals surface area contributed by atoms with Crippen molar-refractivity contribution in [3.05, 3.63) is 64.7 Å². The first kappa shape index (κ1) is 21.3. The van der Waals surface area contributed by atoms with E-state index in [9.17, 15) is 18.0 Å². The van der Waals surface area contributed by atoms with Crippen molar-refractivity contribution in [2.75, 3.05) is 26.2 Å². The van der Waals surface area contributed by atoms with Crippen LogP contribution in [0.4, 0.5) is 0 Å². The Hall–Kier alpha value is -2.42. The van der Waals surface area contributed by atoms with Crippen LogP contribution in [0.25, 0.3) is 0 Å². The predicted octanol–water partition coefficient (Wildman–Crippen LogP) is 1.90. The third-order valence-electron chi connectivity index (χ3n) is 4.87. The number of aryl methyl sites for hydroxylation is 1. The molecule has 29 heavy (non-hydrogen) atoms. The van der Waals surface area contributed by atoms with Gasteiger partial charge in [0.1, 0.15) is 0 Å². The summed E-state index contributed by atoms with van der Waals surface area (Å²) < 4.78 is 22.6. The number of halogens is 1. The van der Waals surface area contributed by atoms with Crippen LogP contribution in [0.15, 0.2) is 53.4 Å². The molecule has 2 aromatic carbocycles. The van der Waals surface area contributed by atoms with E-state index in [2.05, 4.69) is 0 Å². The number of carbonyl (C=O) groups excluding carboxylic acids is 2. The largest absolute Gasteiger partial charge is 0.339 e. The highest BCUT2D eigenvalue weighted by atomic mass is 35.5. The molecule has 1 heterocycles. The Balaban J connectivity index is 1.49. The van der Waals surface area contributed by atoms with Gasteiger partial charge in [0.2, 0.25) is 15.9 Å². The molecule has 0 saturated carbocycles. The number of carbonyl (C=O) groups is 2. The molecular formula is C20H22ClN3O4S. The van der Waals surface area contributed by atoms with Crippen LogP contribution in [-0.4, -0.2) is 56.2 Å². The number of nitrogens with zero attached hydrogens (tertiary/aromatic N) is 2. The van der Waals surface area contributed by atoms with Crippen LogP contribution in [-0.2, 0) is 21.2 Å². The lowest BCUT2D eigenvalue weighted by Crippen LogP contribution is -2.50. The fraction of sp³-hybridized carbons (Fsp3) is 0.300. The zero-order valence-electron chi connectivity index (χ0n) is 15.8. The minimum atomic E-state index is -3.72. The molecule has 0 aliphatic carbocycles. The second kappa shape index (κ2) is 8.94. The topological polar surface area (TPSA) is 101 Å². The molecule has 0 radical (unpaired) electrons. The van der Waals surface area contributed by atoms with Crippen molar-refractivity contribution in [2.24, 2.45) is 5.14 Å². The molecule has 2 amide bonds. The summed E-state index contributed by atoms with van der Waals surface area (Å²) in [5.74, 6) is -0.0788. The van der Waals surface area contributed by atoms with Crippen LogP contribution < -0.4 is 5.14 Å². The van der Waals surface area contributed by atoms with Crippen molar-refractivity contribution < 1.29 is 18.0 Å². The average molecular weight is 436 g/mol. The van der Waals surface area contributed by atoms with Crippen molar-refractivity contribution >= 4 is 33.4 Å². The van der Waals surface area contributed by atoms with E-state index in [4.69, 9.17) is 16.7 Å². The van der Waals surface area contributed by atoms with Gasteiger partial charge >= 0.3 is 0 Å². The Morgan fingerprint density at radius 2 is 1.59 bits per heavy atom. The number of sulfonamides is 1. The Bertz CT molecular complexity index is 1000. The quantitative estimate of drug-likeness (QED) is 0.775. The molecule has 7 nitrogen and oxygen atoms in total. The molecule has 1 saturated heterocycles. The second-order valence-corrected chi connectivity index (χ2v) is 8.87. The number of nitrogens with two attached hydrogens (primary N) is 1. The molecule has 0 atom stereocenters. The average Bonchev–Trinajstić information content (AvgIpc) is 2.71.